The van der Waals surface area contributed by atoms with E-state index in [1.54, 1.807) is 0 Å². The van der Waals surface area contributed by atoms with Crippen molar-refractivity contribution in [2.75, 3.05) is 5.32 Å². The highest BCUT2D eigenvalue weighted by atomic mass is 35.5. The van der Waals surface area contributed by atoms with Crippen LogP contribution in [0.5, 0.6) is 0 Å². The second-order valence-electron chi connectivity index (χ2n) is 4.45. The number of carbonyl (C=O) groups is 1. The number of fused-ring (bicyclic) bond motifs is 3. The van der Waals surface area contributed by atoms with Gasteiger partial charge in [-0.25, -0.2) is 0 Å². The summed E-state index contributed by atoms with van der Waals surface area (Å²) in [4.78, 5) is 11.7. The van der Waals surface area contributed by atoms with Crippen molar-refractivity contribution in [3.05, 3.63) is 42.0 Å². The average molecular weight is 263 g/mol. The predicted octanol–water partition coefficient (Wildman–Crippen LogP) is 2.47. The molecule has 0 bridgehead atoms. The number of nitrogens with one attached hydrogen (secondary N) is 1. The van der Waals surface area contributed by atoms with E-state index in [9.17, 15) is 4.79 Å². The van der Waals surface area contributed by atoms with Crippen LogP contribution in [0.1, 0.15) is 12.0 Å². The van der Waals surface area contributed by atoms with E-state index in [0.717, 1.165) is 12.1 Å². The fourth-order valence-corrected chi connectivity index (χ4v) is 2.38. The molecule has 2 aromatic carbocycles. The molecular formula is C14H15ClN2O. The largest absolute Gasteiger partial charge is 0.324 e. The predicted molar refractivity (Wildman–Crippen MR) is 76.1 cm³/mol. The number of amides is 1. The number of nitrogens with two attached hydrogens (primary N) is 1. The first-order valence-corrected chi connectivity index (χ1v) is 5.83. The van der Waals surface area contributed by atoms with E-state index in [0.29, 0.717) is 6.42 Å². The molecule has 3 N–H and O–H groups in total. The van der Waals surface area contributed by atoms with E-state index >= 15 is 0 Å². The van der Waals surface area contributed by atoms with E-state index in [-0.39, 0.29) is 18.3 Å². The molecule has 0 aliphatic carbocycles. The normalized spacial score (nSPS) is 18.5. The SMILES string of the molecule is Cl.NC1CCc2c(ccc3ccccc23)NC1=O. The molecule has 3 rings (SSSR count). The number of hydrogen-bond acceptors (Lipinski definition) is 2. The summed E-state index contributed by atoms with van der Waals surface area (Å²) in [6, 6.07) is 11.8. The van der Waals surface area contributed by atoms with Gasteiger partial charge in [-0.05, 0) is 35.2 Å². The topological polar surface area (TPSA) is 55.1 Å². The summed E-state index contributed by atoms with van der Waals surface area (Å²) >= 11 is 0. The molecule has 2 aromatic rings. The lowest BCUT2D eigenvalue weighted by Gasteiger charge is -2.10. The summed E-state index contributed by atoms with van der Waals surface area (Å²) in [7, 11) is 0. The molecule has 4 heteroatoms. The highest BCUT2D eigenvalue weighted by Gasteiger charge is 2.20. The third kappa shape index (κ3) is 2.07. The van der Waals surface area contributed by atoms with E-state index in [2.05, 4.69) is 17.4 Å². The van der Waals surface area contributed by atoms with Crippen molar-refractivity contribution in [3.8, 4) is 0 Å². The minimum Gasteiger partial charge on any atom is -0.324 e. The molecular weight excluding hydrogens is 248 g/mol. The van der Waals surface area contributed by atoms with Crippen molar-refractivity contribution in [1.29, 1.82) is 0 Å². The summed E-state index contributed by atoms with van der Waals surface area (Å²) in [5.41, 5.74) is 7.89. The maximum Gasteiger partial charge on any atom is 0.241 e. The molecule has 0 saturated heterocycles. The van der Waals surface area contributed by atoms with Gasteiger partial charge in [0.15, 0.2) is 0 Å². The molecule has 1 atom stereocenters. The quantitative estimate of drug-likeness (QED) is 0.766. The Morgan fingerprint density at radius 3 is 2.78 bits per heavy atom. The van der Waals surface area contributed by atoms with Crippen LogP contribution in [-0.4, -0.2) is 11.9 Å². The Kier molecular flexibility index (Phi) is 3.55. The summed E-state index contributed by atoms with van der Waals surface area (Å²) in [5.74, 6) is -0.0842. The number of hydrogen-bond donors (Lipinski definition) is 2. The second kappa shape index (κ2) is 4.96. The summed E-state index contributed by atoms with van der Waals surface area (Å²) < 4.78 is 0. The van der Waals surface area contributed by atoms with Crippen molar-refractivity contribution < 1.29 is 4.79 Å². The van der Waals surface area contributed by atoms with Crippen LogP contribution in [0.4, 0.5) is 5.69 Å². The molecule has 18 heavy (non-hydrogen) atoms. The average Bonchev–Trinajstić information content (AvgIpc) is 2.50. The number of halogens is 1. The van der Waals surface area contributed by atoms with Gasteiger partial charge in [-0.15, -0.1) is 12.4 Å². The summed E-state index contributed by atoms with van der Waals surface area (Å²) in [6.45, 7) is 0. The number of anilines is 1. The van der Waals surface area contributed by atoms with Gasteiger partial charge in [-0.3, -0.25) is 4.79 Å². The van der Waals surface area contributed by atoms with Gasteiger partial charge in [0.2, 0.25) is 5.91 Å². The molecule has 94 valence electrons. The lowest BCUT2D eigenvalue weighted by Crippen LogP contribution is -2.34. The Morgan fingerprint density at radius 2 is 1.94 bits per heavy atom. The molecule has 0 fully saturated rings. The molecule has 3 nitrogen and oxygen atoms in total. The lowest BCUT2D eigenvalue weighted by atomic mass is 9.99. The lowest BCUT2D eigenvalue weighted by molar-refractivity contribution is -0.117. The van der Waals surface area contributed by atoms with Crippen molar-refractivity contribution in [2.24, 2.45) is 5.73 Å². The zero-order chi connectivity index (χ0) is 11.8. The molecule has 0 radical (unpaired) electrons. The zero-order valence-electron chi connectivity index (χ0n) is 9.85. The van der Waals surface area contributed by atoms with E-state index in [1.165, 1.54) is 16.3 Å². The van der Waals surface area contributed by atoms with Crippen LogP contribution in [0.25, 0.3) is 10.8 Å². The molecule has 0 spiro atoms. The maximum absolute atomic E-state index is 11.7. The molecule has 0 saturated carbocycles. The number of aryl methyl sites for hydroxylation is 1. The summed E-state index contributed by atoms with van der Waals surface area (Å²) in [5, 5.41) is 5.31. The van der Waals surface area contributed by atoms with Gasteiger partial charge in [0.1, 0.15) is 0 Å². The Hall–Kier alpha value is -1.58. The van der Waals surface area contributed by atoms with Crippen LogP contribution in [0.2, 0.25) is 0 Å². The molecule has 1 heterocycles. The van der Waals surface area contributed by atoms with E-state index < -0.39 is 6.04 Å². The van der Waals surface area contributed by atoms with Crippen LogP contribution in [0.3, 0.4) is 0 Å². The van der Waals surface area contributed by atoms with E-state index in [4.69, 9.17) is 5.73 Å². The third-order valence-electron chi connectivity index (χ3n) is 3.34. The first-order valence-electron chi connectivity index (χ1n) is 5.83. The highest BCUT2D eigenvalue weighted by molar-refractivity contribution is 6.00. The number of rotatable bonds is 0. The fraction of sp³-hybridized carbons (Fsp3) is 0.214. The minimum atomic E-state index is -0.402. The molecule has 0 aromatic heterocycles. The first kappa shape index (κ1) is 12.9. The van der Waals surface area contributed by atoms with Crippen LogP contribution < -0.4 is 11.1 Å². The van der Waals surface area contributed by atoms with Gasteiger partial charge >= 0.3 is 0 Å². The third-order valence-corrected chi connectivity index (χ3v) is 3.34. The fourth-order valence-electron chi connectivity index (χ4n) is 2.38. The van der Waals surface area contributed by atoms with Crippen LogP contribution in [0.15, 0.2) is 36.4 Å². The standard InChI is InChI=1S/C14H14N2O.ClH/c15-12-7-6-11-10-4-2-1-3-9(10)5-8-13(11)16-14(12)17;/h1-5,8,12H,6-7,15H2,(H,16,17);1H. The smallest absolute Gasteiger partial charge is 0.241 e. The van der Waals surface area contributed by atoms with Gasteiger partial charge in [0.05, 0.1) is 6.04 Å². The first-order chi connectivity index (χ1) is 8.25. The Balaban J connectivity index is 0.00000120. The van der Waals surface area contributed by atoms with Crippen molar-refractivity contribution in [1.82, 2.24) is 0 Å². The Bertz CT molecular complexity index is 597. The van der Waals surface area contributed by atoms with Crippen molar-refractivity contribution in [3.63, 3.8) is 0 Å². The highest BCUT2D eigenvalue weighted by Crippen LogP contribution is 2.29. The van der Waals surface area contributed by atoms with Gasteiger partial charge in [-0.1, -0.05) is 30.3 Å². The number of benzene rings is 2. The second-order valence-corrected chi connectivity index (χ2v) is 4.45. The monoisotopic (exact) mass is 262 g/mol. The van der Waals surface area contributed by atoms with Crippen LogP contribution >= 0.6 is 12.4 Å². The minimum absolute atomic E-state index is 0. The van der Waals surface area contributed by atoms with Gasteiger partial charge < -0.3 is 11.1 Å². The van der Waals surface area contributed by atoms with Crippen molar-refractivity contribution >= 4 is 34.8 Å². The van der Waals surface area contributed by atoms with Crippen molar-refractivity contribution in [2.45, 2.75) is 18.9 Å². The van der Waals surface area contributed by atoms with Gasteiger partial charge in [0.25, 0.3) is 0 Å². The molecule has 1 amide bonds. The van der Waals surface area contributed by atoms with Gasteiger partial charge in [0, 0.05) is 5.69 Å². The number of carbonyl (C=O) groups excluding carboxylic acids is 1. The van der Waals surface area contributed by atoms with Gasteiger partial charge in [-0.2, -0.15) is 0 Å². The Morgan fingerprint density at radius 1 is 1.17 bits per heavy atom. The Labute approximate surface area is 112 Å². The van der Waals surface area contributed by atoms with Crippen LogP contribution in [0, 0.1) is 0 Å². The molecule has 1 unspecified atom stereocenters. The molecule has 1 aliphatic heterocycles. The maximum atomic E-state index is 11.7. The molecule has 1 aliphatic rings. The summed E-state index contributed by atoms with van der Waals surface area (Å²) in [6.07, 6.45) is 1.55. The van der Waals surface area contributed by atoms with E-state index in [1.807, 2.05) is 24.3 Å². The zero-order valence-corrected chi connectivity index (χ0v) is 10.7. The van der Waals surface area contributed by atoms with Crippen LogP contribution in [-0.2, 0) is 11.2 Å².